The Morgan fingerprint density at radius 2 is 2.00 bits per heavy atom. The Labute approximate surface area is 91.0 Å². The van der Waals surface area contributed by atoms with Crippen LogP contribution in [0.3, 0.4) is 0 Å². The standard InChI is InChI=1S/C11H22BrN/c1-10(12)7-8-13(2)9-11-5-3-4-6-11/h10-11H,3-9H2,1-2H3. The molecular weight excluding hydrogens is 226 g/mol. The van der Waals surface area contributed by atoms with Gasteiger partial charge >= 0.3 is 0 Å². The lowest BCUT2D eigenvalue weighted by Gasteiger charge is -2.21. The van der Waals surface area contributed by atoms with Crippen LogP contribution < -0.4 is 0 Å². The lowest BCUT2D eigenvalue weighted by atomic mass is 10.1. The van der Waals surface area contributed by atoms with E-state index >= 15 is 0 Å². The molecule has 0 aromatic rings. The van der Waals surface area contributed by atoms with Crippen molar-refractivity contribution in [1.29, 1.82) is 0 Å². The molecule has 0 saturated heterocycles. The second-order valence-corrected chi connectivity index (χ2v) is 6.05. The number of hydrogen-bond acceptors (Lipinski definition) is 1. The zero-order valence-corrected chi connectivity index (χ0v) is 10.5. The average Bonchev–Trinajstić information content (AvgIpc) is 2.53. The Hall–Kier alpha value is 0.440. The lowest BCUT2D eigenvalue weighted by Crippen LogP contribution is -2.26. The molecule has 0 bridgehead atoms. The first-order valence-electron chi connectivity index (χ1n) is 5.51. The highest BCUT2D eigenvalue weighted by Gasteiger charge is 2.16. The molecule has 0 amide bonds. The molecule has 1 aliphatic carbocycles. The fourth-order valence-electron chi connectivity index (χ4n) is 2.12. The van der Waals surface area contributed by atoms with Crippen LogP contribution in [-0.2, 0) is 0 Å². The molecule has 1 saturated carbocycles. The number of halogens is 1. The van der Waals surface area contributed by atoms with Gasteiger partial charge in [0.1, 0.15) is 0 Å². The van der Waals surface area contributed by atoms with Gasteiger partial charge in [0, 0.05) is 11.4 Å². The van der Waals surface area contributed by atoms with Gasteiger partial charge in [-0.25, -0.2) is 0 Å². The summed E-state index contributed by atoms with van der Waals surface area (Å²) in [6, 6.07) is 0. The molecule has 1 atom stereocenters. The maximum Gasteiger partial charge on any atom is 0.0129 e. The molecule has 2 heteroatoms. The monoisotopic (exact) mass is 247 g/mol. The van der Waals surface area contributed by atoms with Crippen molar-refractivity contribution in [2.75, 3.05) is 20.1 Å². The van der Waals surface area contributed by atoms with E-state index in [2.05, 4.69) is 34.8 Å². The molecule has 0 aromatic carbocycles. The quantitative estimate of drug-likeness (QED) is 0.675. The van der Waals surface area contributed by atoms with Gasteiger partial charge in [-0.15, -0.1) is 0 Å². The molecule has 0 aromatic heterocycles. The Balaban J connectivity index is 2.05. The maximum absolute atomic E-state index is 3.59. The molecular formula is C11H22BrN. The Morgan fingerprint density at radius 1 is 1.38 bits per heavy atom. The van der Waals surface area contributed by atoms with Gasteiger partial charge in [-0.05, 0) is 38.8 Å². The maximum atomic E-state index is 3.59. The predicted octanol–water partition coefficient (Wildman–Crippen LogP) is 3.28. The molecule has 0 heterocycles. The third kappa shape index (κ3) is 5.02. The average molecular weight is 248 g/mol. The van der Waals surface area contributed by atoms with Crippen LogP contribution in [0.1, 0.15) is 39.0 Å². The summed E-state index contributed by atoms with van der Waals surface area (Å²) in [6.45, 7) is 4.78. The Kier molecular flexibility index (Phi) is 5.34. The van der Waals surface area contributed by atoms with E-state index in [9.17, 15) is 0 Å². The lowest BCUT2D eigenvalue weighted by molar-refractivity contribution is 0.276. The van der Waals surface area contributed by atoms with Gasteiger partial charge in [-0.3, -0.25) is 0 Å². The summed E-state index contributed by atoms with van der Waals surface area (Å²) in [6.07, 6.45) is 7.13. The van der Waals surface area contributed by atoms with E-state index in [0.29, 0.717) is 4.83 Å². The molecule has 1 aliphatic rings. The van der Waals surface area contributed by atoms with Gasteiger partial charge in [-0.2, -0.15) is 0 Å². The number of rotatable bonds is 5. The second-order valence-electron chi connectivity index (χ2n) is 4.48. The van der Waals surface area contributed by atoms with Crippen molar-refractivity contribution in [1.82, 2.24) is 4.90 Å². The first-order chi connectivity index (χ1) is 6.18. The zero-order valence-electron chi connectivity index (χ0n) is 8.93. The molecule has 1 nitrogen and oxygen atoms in total. The molecule has 0 aliphatic heterocycles. The van der Waals surface area contributed by atoms with Crippen molar-refractivity contribution in [3.63, 3.8) is 0 Å². The first kappa shape index (κ1) is 11.5. The minimum atomic E-state index is 0.665. The minimum absolute atomic E-state index is 0.665. The van der Waals surface area contributed by atoms with Gasteiger partial charge in [0.15, 0.2) is 0 Å². The van der Waals surface area contributed by atoms with Gasteiger partial charge in [0.05, 0.1) is 0 Å². The SMILES string of the molecule is CC(Br)CCN(C)CC1CCCC1. The summed E-state index contributed by atoms with van der Waals surface area (Å²) >= 11 is 3.59. The molecule has 78 valence electrons. The summed E-state index contributed by atoms with van der Waals surface area (Å²) in [5.41, 5.74) is 0. The molecule has 0 N–H and O–H groups in total. The highest BCUT2D eigenvalue weighted by Crippen LogP contribution is 2.25. The molecule has 1 rings (SSSR count). The Morgan fingerprint density at radius 3 is 2.54 bits per heavy atom. The van der Waals surface area contributed by atoms with Crippen LogP contribution in [0.15, 0.2) is 0 Å². The largest absolute Gasteiger partial charge is 0.306 e. The number of hydrogen-bond donors (Lipinski definition) is 0. The van der Waals surface area contributed by atoms with E-state index in [4.69, 9.17) is 0 Å². The number of nitrogens with zero attached hydrogens (tertiary/aromatic N) is 1. The zero-order chi connectivity index (χ0) is 9.68. The fraction of sp³-hybridized carbons (Fsp3) is 1.00. The van der Waals surface area contributed by atoms with Crippen molar-refractivity contribution in [2.45, 2.75) is 43.9 Å². The van der Waals surface area contributed by atoms with Crippen LogP contribution in [0, 0.1) is 5.92 Å². The molecule has 0 spiro atoms. The van der Waals surface area contributed by atoms with Crippen LogP contribution >= 0.6 is 15.9 Å². The molecule has 13 heavy (non-hydrogen) atoms. The van der Waals surface area contributed by atoms with Crippen LogP contribution in [0.5, 0.6) is 0 Å². The van der Waals surface area contributed by atoms with Gasteiger partial charge < -0.3 is 4.90 Å². The van der Waals surface area contributed by atoms with Crippen LogP contribution in [0.25, 0.3) is 0 Å². The van der Waals surface area contributed by atoms with Crippen molar-refractivity contribution in [3.8, 4) is 0 Å². The van der Waals surface area contributed by atoms with E-state index in [-0.39, 0.29) is 0 Å². The first-order valence-corrected chi connectivity index (χ1v) is 6.42. The third-order valence-electron chi connectivity index (χ3n) is 2.95. The van der Waals surface area contributed by atoms with Crippen LogP contribution in [0.2, 0.25) is 0 Å². The predicted molar refractivity (Wildman–Crippen MR) is 62.5 cm³/mol. The topological polar surface area (TPSA) is 3.24 Å². The summed E-state index contributed by atoms with van der Waals surface area (Å²) < 4.78 is 0. The van der Waals surface area contributed by atoms with Crippen molar-refractivity contribution < 1.29 is 0 Å². The summed E-state index contributed by atoms with van der Waals surface area (Å²) in [7, 11) is 2.26. The summed E-state index contributed by atoms with van der Waals surface area (Å²) in [4.78, 5) is 3.16. The van der Waals surface area contributed by atoms with E-state index in [0.717, 1.165) is 5.92 Å². The summed E-state index contributed by atoms with van der Waals surface area (Å²) in [5.74, 6) is 0.996. The normalized spacial score (nSPS) is 21.2. The van der Waals surface area contributed by atoms with Gasteiger partial charge in [-0.1, -0.05) is 35.7 Å². The van der Waals surface area contributed by atoms with Crippen LogP contribution in [0.4, 0.5) is 0 Å². The van der Waals surface area contributed by atoms with E-state index in [1.165, 1.54) is 45.2 Å². The van der Waals surface area contributed by atoms with E-state index in [1.54, 1.807) is 0 Å². The molecule has 1 fully saturated rings. The summed E-state index contributed by atoms with van der Waals surface area (Å²) in [5, 5.41) is 0. The van der Waals surface area contributed by atoms with Crippen molar-refractivity contribution in [3.05, 3.63) is 0 Å². The highest BCUT2D eigenvalue weighted by atomic mass is 79.9. The van der Waals surface area contributed by atoms with Crippen LogP contribution in [-0.4, -0.2) is 29.9 Å². The van der Waals surface area contributed by atoms with E-state index < -0.39 is 0 Å². The van der Waals surface area contributed by atoms with Crippen molar-refractivity contribution >= 4 is 15.9 Å². The molecule has 1 unspecified atom stereocenters. The number of alkyl halides is 1. The third-order valence-corrected chi connectivity index (χ3v) is 3.41. The van der Waals surface area contributed by atoms with Gasteiger partial charge in [0.2, 0.25) is 0 Å². The van der Waals surface area contributed by atoms with E-state index in [1.807, 2.05) is 0 Å². The smallest absolute Gasteiger partial charge is 0.0129 e. The highest BCUT2D eigenvalue weighted by molar-refractivity contribution is 9.09. The second kappa shape index (κ2) is 6.02. The van der Waals surface area contributed by atoms with Crippen molar-refractivity contribution in [2.24, 2.45) is 5.92 Å². The fourth-order valence-corrected chi connectivity index (χ4v) is 2.33. The van der Waals surface area contributed by atoms with Gasteiger partial charge in [0.25, 0.3) is 0 Å². The minimum Gasteiger partial charge on any atom is -0.306 e. The Bertz CT molecular complexity index is 130. The molecule has 0 radical (unpaired) electrons.